The summed E-state index contributed by atoms with van der Waals surface area (Å²) >= 11 is 0. The van der Waals surface area contributed by atoms with E-state index >= 15 is 0 Å². The SMILES string of the molecule is CC(=O)O[C@@H]1[C@@H](OCc2ccccc2)[C@@H](COCc2ccccc2)O[C@@H]1O. The van der Waals surface area contributed by atoms with Gasteiger partial charge in [-0.05, 0) is 11.1 Å². The maximum absolute atomic E-state index is 11.4. The molecule has 0 radical (unpaired) electrons. The number of aliphatic hydroxyl groups excluding tert-OH is 1. The molecule has 4 atom stereocenters. The number of esters is 1. The molecule has 3 rings (SSSR count). The molecule has 0 unspecified atom stereocenters. The van der Waals surface area contributed by atoms with Crippen molar-refractivity contribution in [1.82, 2.24) is 0 Å². The van der Waals surface area contributed by atoms with Crippen LogP contribution in [0.25, 0.3) is 0 Å². The van der Waals surface area contributed by atoms with E-state index in [1.807, 2.05) is 60.7 Å². The highest BCUT2D eigenvalue weighted by atomic mass is 16.7. The Kier molecular flexibility index (Phi) is 6.95. The minimum Gasteiger partial charge on any atom is -0.454 e. The zero-order valence-corrected chi connectivity index (χ0v) is 15.2. The van der Waals surface area contributed by atoms with Crippen LogP contribution in [0, 0.1) is 0 Å². The standard InChI is InChI=1S/C21H24O6/c1-15(22)26-20-19(25-13-17-10-6-3-7-11-17)18(27-21(20)23)14-24-12-16-8-4-2-5-9-16/h2-11,18-21,23H,12-14H2,1H3/t18-,19+,20-,21+/m1/s1. The summed E-state index contributed by atoms with van der Waals surface area (Å²) in [5.41, 5.74) is 2.01. The minimum absolute atomic E-state index is 0.211. The molecule has 1 aliphatic heterocycles. The Labute approximate surface area is 158 Å². The molecule has 0 spiro atoms. The first-order valence-electron chi connectivity index (χ1n) is 8.91. The molecule has 1 saturated heterocycles. The van der Waals surface area contributed by atoms with Crippen LogP contribution < -0.4 is 0 Å². The summed E-state index contributed by atoms with van der Waals surface area (Å²) in [5.74, 6) is -0.498. The average molecular weight is 372 g/mol. The topological polar surface area (TPSA) is 74.2 Å². The quantitative estimate of drug-likeness (QED) is 0.718. The van der Waals surface area contributed by atoms with E-state index in [2.05, 4.69) is 0 Å². The third kappa shape index (κ3) is 5.61. The molecule has 1 fully saturated rings. The van der Waals surface area contributed by atoms with Crippen molar-refractivity contribution in [3.05, 3.63) is 71.8 Å². The highest BCUT2D eigenvalue weighted by Crippen LogP contribution is 2.27. The molecule has 2 aromatic rings. The summed E-state index contributed by atoms with van der Waals surface area (Å²) in [7, 11) is 0. The molecule has 0 aliphatic carbocycles. The Bertz CT molecular complexity index is 705. The van der Waals surface area contributed by atoms with E-state index in [1.54, 1.807) is 0 Å². The molecule has 1 heterocycles. The Morgan fingerprint density at radius 1 is 0.963 bits per heavy atom. The minimum atomic E-state index is -1.25. The first kappa shape index (κ1) is 19.5. The molecule has 0 aromatic heterocycles. The van der Waals surface area contributed by atoms with Crippen molar-refractivity contribution in [2.24, 2.45) is 0 Å². The third-order valence-electron chi connectivity index (χ3n) is 4.27. The predicted molar refractivity (Wildman–Crippen MR) is 97.6 cm³/mol. The molecular formula is C21H24O6. The van der Waals surface area contributed by atoms with Crippen molar-refractivity contribution in [2.45, 2.75) is 44.7 Å². The number of benzene rings is 2. The summed E-state index contributed by atoms with van der Waals surface area (Å²) in [6, 6.07) is 19.4. The van der Waals surface area contributed by atoms with Gasteiger partial charge in [0.25, 0.3) is 0 Å². The summed E-state index contributed by atoms with van der Waals surface area (Å²) in [4.78, 5) is 11.4. The molecule has 1 N–H and O–H groups in total. The van der Waals surface area contributed by atoms with E-state index in [0.717, 1.165) is 11.1 Å². The summed E-state index contributed by atoms with van der Waals surface area (Å²) in [6.45, 7) is 2.23. The van der Waals surface area contributed by atoms with E-state index in [4.69, 9.17) is 18.9 Å². The zero-order valence-electron chi connectivity index (χ0n) is 15.2. The van der Waals surface area contributed by atoms with E-state index in [9.17, 15) is 9.90 Å². The van der Waals surface area contributed by atoms with Crippen molar-refractivity contribution in [3.63, 3.8) is 0 Å². The lowest BCUT2D eigenvalue weighted by atomic mass is 10.1. The fourth-order valence-corrected chi connectivity index (χ4v) is 2.99. The van der Waals surface area contributed by atoms with Gasteiger partial charge in [0.15, 0.2) is 12.4 Å². The number of carbonyl (C=O) groups is 1. The maximum Gasteiger partial charge on any atom is 0.303 e. The van der Waals surface area contributed by atoms with Crippen LogP contribution in [-0.2, 0) is 37.0 Å². The van der Waals surface area contributed by atoms with Crippen molar-refractivity contribution in [2.75, 3.05) is 6.61 Å². The predicted octanol–water partition coefficient (Wildman–Crippen LogP) is 2.44. The number of aliphatic hydroxyl groups is 1. The van der Waals surface area contributed by atoms with Crippen LogP contribution in [0.1, 0.15) is 18.1 Å². The van der Waals surface area contributed by atoms with Gasteiger partial charge in [0.2, 0.25) is 0 Å². The van der Waals surface area contributed by atoms with E-state index < -0.39 is 30.6 Å². The Balaban J connectivity index is 1.61. The molecule has 2 aromatic carbocycles. The molecule has 6 heteroatoms. The molecule has 1 aliphatic rings. The summed E-state index contributed by atoms with van der Waals surface area (Å²) in [6.07, 6.45) is -3.31. The number of rotatable bonds is 8. The second-order valence-corrected chi connectivity index (χ2v) is 6.40. The fourth-order valence-electron chi connectivity index (χ4n) is 2.99. The van der Waals surface area contributed by atoms with Gasteiger partial charge in [-0.1, -0.05) is 60.7 Å². The fraction of sp³-hybridized carbons (Fsp3) is 0.381. The normalized spacial score (nSPS) is 24.7. The Hall–Kier alpha value is -2.25. The lowest BCUT2D eigenvalue weighted by molar-refractivity contribution is -0.172. The lowest BCUT2D eigenvalue weighted by Crippen LogP contribution is -2.40. The third-order valence-corrected chi connectivity index (χ3v) is 4.27. The number of ether oxygens (including phenoxy) is 4. The van der Waals surface area contributed by atoms with E-state index in [0.29, 0.717) is 13.2 Å². The summed E-state index contributed by atoms with van der Waals surface area (Å²) in [5, 5.41) is 10.2. The van der Waals surface area contributed by atoms with E-state index in [1.165, 1.54) is 6.92 Å². The second-order valence-electron chi connectivity index (χ2n) is 6.40. The number of carbonyl (C=O) groups excluding carboxylic acids is 1. The van der Waals surface area contributed by atoms with Crippen molar-refractivity contribution < 1.29 is 28.8 Å². The molecule has 0 bridgehead atoms. The van der Waals surface area contributed by atoms with Gasteiger partial charge < -0.3 is 24.1 Å². The van der Waals surface area contributed by atoms with Crippen LogP contribution in [0.3, 0.4) is 0 Å². The number of hydrogen-bond acceptors (Lipinski definition) is 6. The first-order valence-corrected chi connectivity index (χ1v) is 8.91. The van der Waals surface area contributed by atoms with Gasteiger partial charge in [-0.15, -0.1) is 0 Å². The Morgan fingerprint density at radius 2 is 1.56 bits per heavy atom. The van der Waals surface area contributed by atoms with Gasteiger partial charge >= 0.3 is 5.97 Å². The van der Waals surface area contributed by atoms with Crippen LogP contribution in [0.2, 0.25) is 0 Å². The average Bonchev–Trinajstić information content (AvgIpc) is 2.96. The molecule has 0 amide bonds. The van der Waals surface area contributed by atoms with Gasteiger partial charge in [-0.2, -0.15) is 0 Å². The van der Waals surface area contributed by atoms with Crippen molar-refractivity contribution >= 4 is 5.97 Å². The molecule has 144 valence electrons. The second kappa shape index (κ2) is 9.62. The maximum atomic E-state index is 11.4. The van der Waals surface area contributed by atoms with Crippen molar-refractivity contribution in [3.8, 4) is 0 Å². The summed E-state index contributed by atoms with van der Waals surface area (Å²) < 4.78 is 22.4. The van der Waals surface area contributed by atoms with Crippen LogP contribution in [0.15, 0.2) is 60.7 Å². The van der Waals surface area contributed by atoms with Gasteiger partial charge in [0, 0.05) is 6.92 Å². The largest absolute Gasteiger partial charge is 0.454 e. The van der Waals surface area contributed by atoms with Crippen LogP contribution in [0.4, 0.5) is 0 Å². The highest BCUT2D eigenvalue weighted by molar-refractivity contribution is 5.66. The van der Waals surface area contributed by atoms with Crippen LogP contribution >= 0.6 is 0 Å². The van der Waals surface area contributed by atoms with Gasteiger partial charge in [0.05, 0.1) is 19.8 Å². The highest BCUT2D eigenvalue weighted by Gasteiger charge is 2.47. The van der Waals surface area contributed by atoms with Crippen LogP contribution in [-0.4, -0.2) is 42.3 Å². The smallest absolute Gasteiger partial charge is 0.303 e. The molecule has 6 nitrogen and oxygen atoms in total. The molecule has 27 heavy (non-hydrogen) atoms. The van der Waals surface area contributed by atoms with Gasteiger partial charge in [0.1, 0.15) is 12.2 Å². The number of hydrogen-bond donors (Lipinski definition) is 1. The van der Waals surface area contributed by atoms with Crippen molar-refractivity contribution in [1.29, 1.82) is 0 Å². The van der Waals surface area contributed by atoms with E-state index in [-0.39, 0.29) is 6.61 Å². The lowest BCUT2D eigenvalue weighted by Gasteiger charge is -2.23. The van der Waals surface area contributed by atoms with Gasteiger partial charge in [-0.25, -0.2) is 0 Å². The van der Waals surface area contributed by atoms with Crippen LogP contribution in [0.5, 0.6) is 0 Å². The molecule has 0 saturated carbocycles. The molecular weight excluding hydrogens is 348 g/mol. The van der Waals surface area contributed by atoms with Gasteiger partial charge in [-0.3, -0.25) is 4.79 Å². The Morgan fingerprint density at radius 3 is 2.15 bits per heavy atom. The zero-order chi connectivity index (χ0) is 19.1. The first-order chi connectivity index (χ1) is 13.1. The monoisotopic (exact) mass is 372 g/mol.